The van der Waals surface area contributed by atoms with Crippen molar-refractivity contribution in [2.24, 2.45) is 11.8 Å². The lowest BCUT2D eigenvalue weighted by Gasteiger charge is -2.30. The topological polar surface area (TPSA) is 116 Å². The van der Waals surface area contributed by atoms with E-state index < -0.39 is 10.0 Å². The Morgan fingerprint density at radius 1 is 1.31 bits per heavy atom. The lowest BCUT2D eigenvalue weighted by molar-refractivity contribution is -0.120. The molecule has 2 heterocycles. The maximum atomic E-state index is 12.9. The van der Waals surface area contributed by atoms with Crippen LogP contribution in [0.1, 0.15) is 37.3 Å². The molecular formula is C19H23N5O3S2. The van der Waals surface area contributed by atoms with Crippen LogP contribution in [0, 0.1) is 23.2 Å². The molecule has 0 aliphatic carbocycles. The Morgan fingerprint density at radius 3 is 2.66 bits per heavy atom. The van der Waals surface area contributed by atoms with Gasteiger partial charge in [0.25, 0.3) is 0 Å². The number of hydrogen-bond acceptors (Lipinski definition) is 7. The minimum absolute atomic E-state index is 0.0111. The van der Waals surface area contributed by atoms with Crippen molar-refractivity contribution in [3.8, 4) is 6.07 Å². The summed E-state index contributed by atoms with van der Waals surface area (Å²) < 4.78 is 27.1. The molecule has 10 heteroatoms. The molecule has 154 valence electrons. The second-order valence-corrected chi connectivity index (χ2v) is 10.3. The van der Waals surface area contributed by atoms with Gasteiger partial charge in [-0.15, -0.1) is 10.2 Å². The monoisotopic (exact) mass is 433 g/mol. The number of carbonyl (C=O) groups is 1. The summed E-state index contributed by atoms with van der Waals surface area (Å²) in [5.74, 6) is 0.0146. The summed E-state index contributed by atoms with van der Waals surface area (Å²) in [7, 11) is -3.76. The molecule has 0 unspecified atom stereocenters. The van der Waals surface area contributed by atoms with Crippen LogP contribution in [0.25, 0.3) is 0 Å². The Morgan fingerprint density at radius 2 is 2.00 bits per heavy atom. The van der Waals surface area contributed by atoms with Gasteiger partial charge in [0.15, 0.2) is 0 Å². The summed E-state index contributed by atoms with van der Waals surface area (Å²) in [6, 6.07) is 8.09. The molecule has 1 saturated heterocycles. The Labute approximate surface area is 174 Å². The number of nitriles is 1. The summed E-state index contributed by atoms with van der Waals surface area (Å²) in [6.45, 7) is 4.65. The van der Waals surface area contributed by atoms with Crippen LogP contribution >= 0.6 is 11.3 Å². The second kappa shape index (κ2) is 8.98. The highest BCUT2D eigenvalue weighted by atomic mass is 32.2. The summed E-state index contributed by atoms with van der Waals surface area (Å²) in [5.41, 5.74) is 0.126. The van der Waals surface area contributed by atoms with Crippen molar-refractivity contribution in [3.63, 3.8) is 0 Å². The number of rotatable bonds is 6. The van der Waals surface area contributed by atoms with Crippen molar-refractivity contribution in [2.45, 2.75) is 38.0 Å². The zero-order valence-corrected chi connectivity index (χ0v) is 18.0. The molecule has 29 heavy (non-hydrogen) atoms. The molecule has 0 bridgehead atoms. The fourth-order valence-electron chi connectivity index (χ4n) is 3.22. The number of hydrogen-bond donors (Lipinski definition) is 1. The van der Waals surface area contributed by atoms with Gasteiger partial charge >= 0.3 is 0 Å². The second-order valence-electron chi connectivity index (χ2n) is 7.37. The number of nitrogens with zero attached hydrogens (tertiary/aromatic N) is 4. The summed E-state index contributed by atoms with van der Waals surface area (Å²) in [5, 5.41) is 21.5. The van der Waals surface area contributed by atoms with E-state index in [1.54, 1.807) is 12.1 Å². The molecule has 1 amide bonds. The molecule has 0 radical (unpaired) electrons. The summed E-state index contributed by atoms with van der Waals surface area (Å²) in [4.78, 5) is 12.6. The predicted molar refractivity (Wildman–Crippen MR) is 110 cm³/mol. The maximum absolute atomic E-state index is 12.9. The predicted octanol–water partition coefficient (Wildman–Crippen LogP) is 2.65. The summed E-state index contributed by atoms with van der Waals surface area (Å²) in [6.07, 6.45) is 1.64. The van der Waals surface area contributed by atoms with Gasteiger partial charge in [-0.05, 0) is 30.9 Å². The molecule has 1 aromatic heterocycles. The molecular weight excluding hydrogens is 410 g/mol. The number of aromatic nitrogens is 2. The molecule has 1 fully saturated rings. The number of carbonyl (C=O) groups excluding carboxylic acids is 1. The smallest absolute Gasteiger partial charge is 0.244 e. The van der Waals surface area contributed by atoms with Gasteiger partial charge in [-0.25, -0.2) is 8.42 Å². The van der Waals surface area contributed by atoms with Crippen molar-refractivity contribution in [1.82, 2.24) is 14.5 Å². The molecule has 3 rings (SSSR count). The van der Waals surface area contributed by atoms with E-state index >= 15 is 0 Å². The first-order valence-corrected chi connectivity index (χ1v) is 11.7. The van der Waals surface area contributed by atoms with Gasteiger partial charge in [-0.3, -0.25) is 4.79 Å². The largest absolute Gasteiger partial charge is 0.300 e. The molecule has 1 aliphatic rings. The molecule has 1 aromatic carbocycles. The molecule has 1 N–H and O–H groups in total. The van der Waals surface area contributed by atoms with Gasteiger partial charge in [0, 0.05) is 25.4 Å². The highest BCUT2D eigenvalue weighted by Crippen LogP contribution is 2.27. The zero-order chi connectivity index (χ0) is 21.0. The SMILES string of the molecule is CC(C)Cc1nnc(NC(=O)C2CCN(S(=O)(=O)c3ccccc3C#N)CC2)s1. The van der Waals surface area contributed by atoms with Gasteiger partial charge < -0.3 is 5.32 Å². The van der Waals surface area contributed by atoms with Crippen LogP contribution in [0.15, 0.2) is 29.2 Å². The quantitative estimate of drug-likeness (QED) is 0.749. The average molecular weight is 434 g/mol. The fraction of sp³-hybridized carbons (Fsp3) is 0.474. The van der Waals surface area contributed by atoms with Gasteiger partial charge in [0.1, 0.15) is 11.1 Å². The van der Waals surface area contributed by atoms with E-state index in [0.29, 0.717) is 23.9 Å². The Bertz CT molecular complexity index is 1020. The van der Waals surface area contributed by atoms with Gasteiger partial charge in [-0.2, -0.15) is 9.57 Å². The highest BCUT2D eigenvalue weighted by molar-refractivity contribution is 7.89. The fourth-order valence-corrected chi connectivity index (χ4v) is 5.79. The molecule has 0 spiro atoms. The first-order chi connectivity index (χ1) is 13.8. The van der Waals surface area contributed by atoms with Crippen molar-refractivity contribution in [1.29, 1.82) is 5.26 Å². The van der Waals surface area contributed by atoms with Crippen LogP contribution < -0.4 is 5.32 Å². The average Bonchev–Trinajstić information content (AvgIpc) is 3.13. The Kier molecular flexibility index (Phi) is 6.62. The van der Waals surface area contributed by atoms with Crippen molar-refractivity contribution >= 4 is 32.4 Å². The maximum Gasteiger partial charge on any atom is 0.244 e. The third kappa shape index (κ3) is 4.98. The Hall–Kier alpha value is -2.35. The number of sulfonamides is 1. The molecule has 1 aliphatic heterocycles. The Balaban J connectivity index is 1.60. The number of benzene rings is 1. The van der Waals surface area contributed by atoms with E-state index in [0.717, 1.165) is 11.4 Å². The normalized spacial score (nSPS) is 15.9. The number of amides is 1. The van der Waals surface area contributed by atoms with Crippen LogP contribution in [0.4, 0.5) is 5.13 Å². The van der Waals surface area contributed by atoms with E-state index in [1.165, 1.54) is 27.8 Å². The third-order valence-electron chi connectivity index (χ3n) is 4.73. The van der Waals surface area contributed by atoms with Crippen LogP contribution in [0.5, 0.6) is 0 Å². The standard InChI is InChI=1S/C19H23N5O3S2/c1-13(2)11-17-22-23-19(28-17)21-18(25)14-7-9-24(10-8-14)29(26,27)16-6-4-3-5-15(16)12-20/h3-6,13-14H,7-11H2,1-2H3,(H,21,23,25). The van der Waals surface area contributed by atoms with Crippen LogP contribution in [0.3, 0.4) is 0 Å². The molecule has 2 aromatic rings. The number of nitrogens with one attached hydrogen (secondary N) is 1. The zero-order valence-electron chi connectivity index (χ0n) is 16.3. The van der Waals surface area contributed by atoms with Crippen LogP contribution in [0.2, 0.25) is 0 Å². The summed E-state index contributed by atoms with van der Waals surface area (Å²) >= 11 is 1.37. The minimum atomic E-state index is -3.76. The lowest BCUT2D eigenvalue weighted by atomic mass is 9.97. The first-order valence-electron chi connectivity index (χ1n) is 9.43. The van der Waals surface area contributed by atoms with Crippen LogP contribution in [-0.2, 0) is 21.2 Å². The van der Waals surface area contributed by atoms with Crippen molar-refractivity contribution < 1.29 is 13.2 Å². The van der Waals surface area contributed by atoms with Crippen LogP contribution in [-0.4, -0.2) is 41.9 Å². The van der Waals surface area contributed by atoms with E-state index in [9.17, 15) is 18.5 Å². The van der Waals surface area contributed by atoms with E-state index in [-0.39, 0.29) is 35.4 Å². The number of piperidine rings is 1. The van der Waals surface area contributed by atoms with E-state index in [4.69, 9.17) is 0 Å². The molecule has 8 nitrogen and oxygen atoms in total. The lowest BCUT2D eigenvalue weighted by Crippen LogP contribution is -2.41. The number of anilines is 1. The highest BCUT2D eigenvalue weighted by Gasteiger charge is 2.33. The van der Waals surface area contributed by atoms with E-state index in [1.807, 2.05) is 6.07 Å². The van der Waals surface area contributed by atoms with Crippen molar-refractivity contribution in [3.05, 3.63) is 34.8 Å². The molecule has 0 saturated carbocycles. The van der Waals surface area contributed by atoms with Gasteiger partial charge in [0.05, 0.1) is 10.5 Å². The van der Waals surface area contributed by atoms with Crippen molar-refractivity contribution in [2.75, 3.05) is 18.4 Å². The van der Waals surface area contributed by atoms with Gasteiger partial charge in [-0.1, -0.05) is 37.3 Å². The minimum Gasteiger partial charge on any atom is -0.300 e. The first kappa shape index (κ1) is 21.4. The molecule has 0 atom stereocenters. The van der Waals surface area contributed by atoms with E-state index in [2.05, 4.69) is 29.4 Å². The third-order valence-corrected chi connectivity index (χ3v) is 7.55. The van der Waals surface area contributed by atoms with Gasteiger partial charge in [0.2, 0.25) is 21.1 Å².